The van der Waals surface area contributed by atoms with Crippen LogP contribution in [-0.2, 0) is 17.8 Å². The van der Waals surface area contributed by atoms with Crippen LogP contribution in [0.4, 0.5) is 10.1 Å². The maximum atomic E-state index is 13.7. The highest BCUT2D eigenvalue weighted by atomic mass is 19.1. The highest BCUT2D eigenvalue weighted by Gasteiger charge is 2.07. The molecule has 0 bridgehead atoms. The normalized spacial score (nSPS) is 10.3. The topological polar surface area (TPSA) is 55.1 Å². The summed E-state index contributed by atoms with van der Waals surface area (Å²) >= 11 is 0. The first kappa shape index (κ1) is 14.2. The highest BCUT2D eigenvalue weighted by molar-refractivity contribution is 5.90. The number of amides is 1. The molecule has 3 nitrogen and oxygen atoms in total. The second kappa shape index (κ2) is 6.82. The molecule has 20 heavy (non-hydrogen) atoms. The molecule has 0 heterocycles. The van der Waals surface area contributed by atoms with Crippen LogP contribution in [0.5, 0.6) is 0 Å². The molecule has 0 aliphatic carbocycles. The van der Waals surface area contributed by atoms with Crippen LogP contribution in [0.25, 0.3) is 0 Å². The molecule has 0 saturated heterocycles. The first-order chi connectivity index (χ1) is 9.69. The number of carbonyl (C=O) groups is 1. The molecule has 3 N–H and O–H groups in total. The number of nitrogens with one attached hydrogen (secondary N) is 1. The molecule has 0 fully saturated rings. The Hall–Kier alpha value is -2.20. The second-order valence-corrected chi connectivity index (χ2v) is 4.55. The summed E-state index contributed by atoms with van der Waals surface area (Å²) in [5.41, 5.74) is 7.41. The van der Waals surface area contributed by atoms with E-state index >= 15 is 0 Å². The number of hydrogen-bond donors (Lipinski definition) is 2. The van der Waals surface area contributed by atoms with Crippen molar-refractivity contribution in [2.24, 2.45) is 5.73 Å². The fourth-order valence-electron chi connectivity index (χ4n) is 1.90. The predicted octanol–water partition coefficient (Wildman–Crippen LogP) is 2.86. The van der Waals surface area contributed by atoms with E-state index in [-0.39, 0.29) is 18.1 Å². The lowest BCUT2D eigenvalue weighted by molar-refractivity contribution is -0.116. The van der Waals surface area contributed by atoms with Gasteiger partial charge in [-0.1, -0.05) is 36.4 Å². The fourth-order valence-corrected chi connectivity index (χ4v) is 1.90. The Morgan fingerprint density at radius 2 is 1.85 bits per heavy atom. The van der Waals surface area contributed by atoms with Crippen LogP contribution in [0, 0.1) is 5.82 Å². The summed E-state index contributed by atoms with van der Waals surface area (Å²) in [6.07, 6.45) is 0.956. The van der Waals surface area contributed by atoms with Gasteiger partial charge in [0, 0.05) is 13.0 Å². The van der Waals surface area contributed by atoms with Gasteiger partial charge in [0.15, 0.2) is 0 Å². The third-order valence-corrected chi connectivity index (χ3v) is 3.03. The number of benzene rings is 2. The van der Waals surface area contributed by atoms with Crippen molar-refractivity contribution in [1.82, 2.24) is 0 Å². The number of carbonyl (C=O) groups excluding carboxylic acids is 1. The minimum absolute atomic E-state index is 0.195. The average molecular weight is 272 g/mol. The third kappa shape index (κ3) is 3.90. The Morgan fingerprint density at radius 3 is 2.50 bits per heavy atom. The second-order valence-electron chi connectivity index (χ2n) is 4.55. The molecule has 0 unspecified atom stereocenters. The smallest absolute Gasteiger partial charge is 0.224 e. The van der Waals surface area contributed by atoms with E-state index in [4.69, 9.17) is 5.73 Å². The van der Waals surface area contributed by atoms with Crippen molar-refractivity contribution < 1.29 is 9.18 Å². The molecule has 0 atom stereocenters. The molecule has 2 aromatic carbocycles. The van der Waals surface area contributed by atoms with Crippen LogP contribution < -0.4 is 11.1 Å². The Kier molecular flexibility index (Phi) is 4.85. The summed E-state index contributed by atoms with van der Waals surface area (Å²) in [5, 5.41) is 2.58. The van der Waals surface area contributed by atoms with E-state index in [2.05, 4.69) is 5.32 Å². The molecule has 2 aromatic rings. The van der Waals surface area contributed by atoms with Crippen molar-refractivity contribution in [1.29, 1.82) is 0 Å². The Balaban J connectivity index is 1.91. The van der Waals surface area contributed by atoms with E-state index in [0.29, 0.717) is 18.4 Å². The van der Waals surface area contributed by atoms with Gasteiger partial charge in [0.2, 0.25) is 5.91 Å². The molecule has 0 saturated carbocycles. The Labute approximate surface area is 117 Å². The number of halogens is 1. The molecule has 0 aliphatic rings. The van der Waals surface area contributed by atoms with Crippen LogP contribution in [0.15, 0.2) is 48.5 Å². The van der Waals surface area contributed by atoms with E-state index in [0.717, 1.165) is 5.56 Å². The quantitative estimate of drug-likeness (QED) is 0.879. The Bertz CT molecular complexity index is 584. The van der Waals surface area contributed by atoms with Gasteiger partial charge in [0.05, 0.1) is 5.69 Å². The third-order valence-electron chi connectivity index (χ3n) is 3.03. The zero-order valence-corrected chi connectivity index (χ0v) is 11.1. The van der Waals surface area contributed by atoms with Crippen LogP contribution >= 0.6 is 0 Å². The van der Waals surface area contributed by atoms with Crippen LogP contribution in [0.3, 0.4) is 0 Å². The first-order valence-electron chi connectivity index (χ1n) is 6.51. The van der Waals surface area contributed by atoms with Gasteiger partial charge in [-0.2, -0.15) is 0 Å². The summed E-state index contributed by atoms with van der Waals surface area (Å²) in [4.78, 5) is 11.8. The Morgan fingerprint density at radius 1 is 1.10 bits per heavy atom. The summed E-state index contributed by atoms with van der Waals surface area (Å²) in [6, 6.07) is 14.3. The molecule has 0 radical (unpaired) electrons. The molecular weight excluding hydrogens is 255 g/mol. The maximum absolute atomic E-state index is 13.7. The maximum Gasteiger partial charge on any atom is 0.224 e. The van der Waals surface area contributed by atoms with Gasteiger partial charge in [-0.3, -0.25) is 4.79 Å². The van der Waals surface area contributed by atoms with E-state index in [1.165, 1.54) is 12.1 Å². The number of nitrogens with two attached hydrogens (primary N) is 1. The molecule has 1 amide bonds. The van der Waals surface area contributed by atoms with Crippen molar-refractivity contribution in [3.63, 3.8) is 0 Å². The largest absolute Gasteiger partial charge is 0.326 e. The van der Waals surface area contributed by atoms with Gasteiger partial charge in [0.25, 0.3) is 0 Å². The first-order valence-corrected chi connectivity index (χ1v) is 6.51. The number of anilines is 1. The van der Waals surface area contributed by atoms with E-state index < -0.39 is 5.82 Å². The van der Waals surface area contributed by atoms with E-state index in [1.807, 2.05) is 30.3 Å². The minimum Gasteiger partial charge on any atom is -0.326 e. The highest BCUT2D eigenvalue weighted by Crippen LogP contribution is 2.16. The van der Waals surface area contributed by atoms with Crippen molar-refractivity contribution >= 4 is 11.6 Å². The lowest BCUT2D eigenvalue weighted by atomic mass is 10.1. The standard InChI is InChI=1S/C16H17FN2O/c17-14-10-13(11-18)6-8-15(14)19-16(20)9-7-12-4-2-1-3-5-12/h1-6,8,10H,7,9,11,18H2,(H,19,20). The van der Waals surface area contributed by atoms with Crippen molar-refractivity contribution in [2.45, 2.75) is 19.4 Å². The SMILES string of the molecule is NCc1ccc(NC(=O)CCc2ccccc2)c(F)c1. The molecule has 4 heteroatoms. The molecule has 2 rings (SSSR count). The van der Waals surface area contributed by atoms with Crippen LogP contribution in [0.2, 0.25) is 0 Å². The average Bonchev–Trinajstić information content (AvgIpc) is 2.48. The molecular formula is C16H17FN2O. The van der Waals surface area contributed by atoms with Crippen molar-refractivity contribution in [3.05, 3.63) is 65.5 Å². The summed E-state index contributed by atoms with van der Waals surface area (Å²) in [7, 11) is 0. The summed E-state index contributed by atoms with van der Waals surface area (Å²) < 4.78 is 13.7. The number of hydrogen-bond acceptors (Lipinski definition) is 2. The summed E-state index contributed by atoms with van der Waals surface area (Å²) in [6.45, 7) is 0.277. The van der Waals surface area contributed by atoms with E-state index in [1.54, 1.807) is 6.07 Å². The summed E-state index contributed by atoms with van der Waals surface area (Å²) in [5.74, 6) is -0.658. The van der Waals surface area contributed by atoms with Gasteiger partial charge < -0.3 is 11.1 Å². The van der Waals surface area contributed by atoms with Crippen LogP contribution in [0.1, 0.15) is 17.5 Å². The lowest BCUT2D eigenvalue weighted by Gasteiger charge is -2.07. The molecule has 0 aliphatic heterocycles. The lowest BCUT2D eigenvalue weighted by Crippen LogP contribution is -2.13. The molecule has 0 aromatic heterocycles. The van der Waals surface area contributed by atoms with Gasteiger partial charge in [0.1, 0.15) is 5.82 Å². The number of aryl methyl sites for hydroxylation is 1. The van der Waals surface area contributed by atoms with Gasteiger partial charge >= 0.3 is 0 Å². The van der Waals surface area contributed by atoms with Gasteiger partial charge in [-0.25, -0.2) is 4.39 Å². The predicted molar refractivity (Wildman–Crippen MR) is 77.7 cm³/mol. The van der Waals surface area contributed by atoms with Crippen LogP contribution in [-0.4, -0.2) is 5.91 Å². The van der Waals surface area contributed by atoms with Crippen molar-refractivity contribution in [2.75, 3.05) is 5.32 Å². The zero-order valence-electron chi connectivity index (χ0n) is 11.1. The van der Waals surface area contributed by atoms with Gasteiger partial charge in [-0.05, 0) is 29.7 Å². The molecule has 104 valence electrons. The fraction of sp³-hybridized carbons (Fsp3) is 0.188. The minimum atomic E-state index is -0.457. The zero-order chi connectivity index (χ0) is 14.4. The monoisotopic (exact) mass is 272 g/mol. The van der Waals surface area contributed by atoms with Crippen molar-refractivity contribution in [3.8, 4) is 0 Å². The number of rotatable bonds is 5. The van der Waals surface area contributed by atoms with E-state index in [9.17, 15) is 9.18 Å². The molecule has 0 spiro atoms. The van der Waals surface area contributed by atoms with Gasteiger partial charge in [-0.15, -0.1) is 0 Å².